The van der Waals surface area contributed by atoms with E-state index in [0.717, 1.165) is 42.2 Å². The molecule has 0 aliphatic carbocycles. The maximum Gasteiger partial charge on any atom is 0.318 e. The smallest absolute Gasteiger partial charge is 0.318 e. The van der Waals surface area contributed by atoms with E-state index in [2.05, 4.69) is 39.9 Å². The molecule has 0 spiro atoms. The normalized spacial score (nSPS) is 16.3. The summed E-state index contributed by atoms with van der Waals surface area (Å²) in [5.74, 6) is 0.763. The standard InChI is InChI=1S/C17H22N4OS/c1-21-10-7-14(8-11-21)22-17-18-9-6-16(20-17)19-12-13-4-2-3-5-15(13)23/h2-6,9,14,23H,7-8,10-12H2,1H3,(H,18,19,20). The van der Waals surface area contributed by atoms with Crippen molar-refractivity contribution >= 4 is 18.4 Å². The molecule has 1 saturated heterocycles. The third-order valence-corrected chi connectivity index (χ3v) is 4.46. The zero-order valence-electron chi connectivity index (χ0n) is 13.3. The summed E-state index contributed by atoms with van der Waals surface area (Å²) in [5.41, 5.74) is 1.13. The van der Waals surface area contributed by atoms with Crippen LogP contribution in [0.15, 0.2) is 41.4 Å². The summed E-state index contributed by atoms with van der Waals surface area (Å²) in [7, 11) is 2.14. The quantitative estimate of drug-likeness (QED) is 0.826. The maximum absolute atomic E-state index is 5.92. The topological polar surface area (TPSA) is 50.3 Å². The Bertz CT molecular complexity index is 644. The molecule has 0 amide bonds. The van der Waals surface area contributed by atoms with E-state index in [0.29, 0.717) is 12.6 Å². The molecule has 122 valence electrons. The molecular formula is C17H22N4OS. The van der Waals surface area contributed by atoms with Gasteiger partial charge in [-0.3, -0.25) is 0 Å². The Hall–Kier alpha value is -1.79. The van der Waals surface area contributed by atoms with E-state index in [9.17, 15) is 0 Å². The van der Waals surface area contributed by atoms with Gasteiger partial charge in [0, 0.05) is 30.7 Å². The lowest BCUT2D eigenvalue weighted by Crippen LogP contribution is -2.35. The van der Waals surface area contributed by atoms with Crippen LogP contribution in [0.1, 0.15) is 18.4 Å². The van der Waals surface area contributed by atoms with Crippen LogP contribution in [0, 0.1) is 0 Å². The van der Waals surface area contributed by atoms with Crippen molar-refractivity contribution in [3.05, 3.63) is 42.1 Å². The number of piperidine rings is 1. The van der Waals surface area contributed by atoms with Gasteiger partial charge in [0.25, 0.3) is 0 Å². The molecule has 23 heavy (non-hydrogen) atoms. The number of anilines is 1. The summed E-state index contributed by atoms with van der Waals surface area (Å²) >= 11 is 4.46. The molecule has 0 atom stereocenters. The molecule has 1 aliphatic heterocycles. The third kappa shape index (κ3) is 4.59. The van der Waals surface area contributed by atoms with Crippen LogP contribution in [0.5, 0.6) is 6.01 Å². The van der Waals surface area contributed by atoms with E-state index in [-0.39, 0.29) is 6.10 Å². The SMILES string of the molecule is CN1CCC(Oc2nccc(NCc3ccccc3S)n2)CC1. The van der Waals surface area contributed by atoms with Crippen LogP contribution in [0.4, 0.5) is 5.82 Å². The number of thiol groups is 1. The monoisotopic (exact) mass is 330 g/mol. The van der Waals surface area contributed by atoms with Gasteiger partial charge in [-0.2, -0.15) is 4.98 Å². The Balaban J connectivity index is 1.58. The van der Waals surface area contributed by atoms with Crippen LogP contribution in [-0.2, 0) is 6.54 Å². The number of rotatable bonds is 5. The molecule has 1 aromatic carbocycles. The van der Waals surface area contributed by atoms with Crippen LogP contribution >= 0.6 is 12.6 Å². The second-order valence-electron chi connectivity index (χ2n) is 5.83. The van der Waals surface area contributed by atoms with E-state index < -0.39 is 0 Å². The Morgan fingerprint density at radius 1 is 1.26 bits per heavy atom. The fourth-order valence-electron chi connectivity index (χ4n) is 2.59. The number of nitrogens with zero attached hydrogens (tertiary/aromatic N) is 3. The van der Waals surface area contributed by atoms with Gasteiger partial charge in [0.1, 0.15) is 11.9 Å². The van der Waals surface area contributed by atoms with Gasteiger partial charge in [0.05, 0.1) is 0 Å². The minimum absolute atomic E-state index is 0.208. The highest BCUT2D eigenvalue weighted by molar-refractivity contribution is 7.80. The van der Waals surface area contributed by atoms with Crippen molar-refractivity contribution in [2.24, 2.45) is 0 Å². The van der Waals surface area contributed by atoms with E-state index in [1.165, 1.54) is 0 Å². The predicted molar refractivity (Wildman–Crippen MR) is 94.2 cm³/mol. The molecule has 6 heteroatoms. The third-order valence-electron chi connectivity index (χ3n) is 4.02. The summed E-state index contributed by atoms with van der Waals surface area (Å²) in [5, 5.41) is 3.30. The molecule has 3 rings (SSSR count). The minimum atomic E-state index is 0.208. The number of aromatic nitrogens is 2. The summed E-state index contributed by atoms with van der Waals surface area (Å²) in [6.07, 6.45) is 3.97. The summed E-state index contributed by atoms with van der Waals surface area (Å²) in [6.45, 7) is 2.78. The summed E-state index contributed by atoms with van der Waals surface area (Å²) in [4.78, 5) is 12.0. The van der Waals surface area contributed by atoms with Gasteiger partial charge in [-0.15, -0.1) is 12.6 Å². The molecule has 1 N–H and O–H groups in total. The van der Waals surface area contributed by atoms with Crippen molar-refractivity contribution in [2.75, 3.05) is 25.5 Å². The zero-order valence-corrected chi connectivity index (χ0v) is 14.2. The van der Waals surface area contributed by atoms with E-state index in [1.54, 1.807) is 6.20 Å². The lowest BCUT2D eigenvalue weighted by Gasteiger charge is -2.28. The first-order valence-electron chi connectivity index (χ1n) is 7.90. The molecule has 0 radical (unpaired) electrons. The van der Waals surface area contributed by atoms with Crippen LogP contribution < -0.4 is 10.1 Å². The summed E-state index contributed by atoms with van der Waals surface area (Å²) < 4.78 is 5.92. The Morgan fingerprint density at radius 3 is 2.83 bits per heavy atom. The largest absolute Gasteiger partial charge is 0.460 e. The Kier molecular flexibility index (Phi) is 5.35. The number of nitrogens with one attached hydrogen (secondary N) is 1. The average molecular weight is 330 g/mol. The van der Waals surface area contributed by atoms with Gasteiger partial charge in [-0.05, 0) is 37.6 Å². The molecule has 5 nitrogen and oxygen atoms in total. The minimum Gasteiger partial charge on any atom is -0.460 e. The highest BCUT2D eigenvalue weighted by atomic mass is 32.1. The first kappa shape index (κ1) is 16.1. The lowest BCUT2D eigenvalue weighted by atomic mass is 10.1. The molecule has 1 aromatic heterocycles. The zero-order chi connectivity index (χ0) is 16.1. The van der Waals surface area contributed by atoms with Gasteiger partial charge in [0.2, 0.25) is 0 Å². The fourth-order valence-corrected chi connectivity index (χ4v) is 2.83. The van der Waals surface area contributed by atoms with E-state index in [1.807, 2.05) is 30.3 Å². The molecule has 0 bridgehead atoms. The van der Waals surface area contributed by atoms with Crippen molar-refractivity contribution in [2.45, 2.75) is 30.4 Å². The van der Waals surface area contributed by atoms with Gasteiger partial charge in [0.15, 0.2) is 0 Å². The van der Waals surface area contributed by atoms with Crippen LogP contribution in [0.3, 0.4) is 0 Å². The Labute approximate surface area is 142 Å². The van der Waals surface area contributed by atoms with Gasteiger partial charge < -0.3 is 15.0 Å². The van der Waals surface area contributed by atoms with Crippen molar-refractivity contribution in [1.82, 2.24) is 14.9 Å². The molecule has 1 fully saturated rings. The maximum atomic E-state index is 5.92. The summed E-state index contributed by atoms with van der Waals surface area (Å²) in [6, 6.07) is 10.3. The Morgan fingerprint density at radius 2 is 2.04 bits per heavy atom. The molecule has 1 aliphatic rings. The molecule has 2 aromatic rings. The van der Waals surface area contributed by atoms with Crippen molar-refractivity contribution in [1.29, 1.82) is 0 Å². The first-order chi connectivity index (χ1) is 11.2. The predicted octanol–water partition coefficient (Wildman–Crippen LogP) is 2.85. The van der Waals surface area contributed by atoms with Crippen molar-refractivity contribution in [3.8, 4) is 6.01 Å². The first-order valence-corrected chi connectivity index (χ1v) is 8.34. The molecule has 0 saturated carbocycles. The number of ether oxygens (including phenoxy) is 1. The van der Waals surface area contributed by atoms with Gasteiger partial charge in [-0.1, -0.05) is 18.2 Å². The van der Waals surface area contributed by atoms with Crippen molar-refractivity contribution < 1.29 is 4.74 Å². The van der Waals surface area contributed by atoms with Crippen molar-refractivity contribution in [3.63, 3.8) is 0 Å². The lowest BCUT2D eigenvalue weighted by molar-refractivity contribution is 0.105. The number of hydrogen-bond donors (Lipinski definition) is 2. The van der Waals surface area contributed by atoms with Crippen LogP contribution in [0.25, 0.3) is 0 Å². The fraction of sp³-hybridized carbons (Fsp3) is 0.412. The number of likely N-dealkylation sites (tertiary alicyclic amines) is 1. The number of hydrogen-bond acceptors (Lipinski definition) is 6. The second-order valence-corrected chi connectivity index (χ2v) is 6.31. The van der Waals surface area contributed by atoms with Gasteiger partial charge >= 0.3 is 6.01 Å². The highest BCUT2D eigenvalue weighted by Gasteiger charge is 2.19. The molecular weight excluding hydrogens is 308 g/mol. The van der Waals surface area contributed by atoms with Gasteiger partial charge in [-0.25, -0.2) is 4.98 Å². The average Bonchev–Trinajstić information content (AvgIpc) is 2.57. The number of benzene rings is 1. The second kappa shape index (κ2) is 7.66. The van der Waals surface area contributed by atoms with E-state index >= 15 is 0 Å². The highest BCUT2D eigenvalue weighted by Crippen LogP contribution is 2.18. The molecule has 2 heterocycles. The molecule has 0 unspecified atom stereocenters. The van der Waals surface area contributed by atoms with E-state index in [4.69, 9.17) is 4.74 Å². The van der Waals surface area contributed by atoms with Crippen LogP contribution in [0.2, 0.25) is 0 Å². The van der Waals surface area contributed by atoms with Crippen LogP contribution in [-0.4, -0.2) is 41.1 Å².